The Hall–Kier alpha value is -0.420. The van der Waals surface area contributed by atoms with E-state index < -0.39 is 11.7 Å². The molecule has 108 valence electrons. The first kappa shape index (κ1) is 13.6. The maximum atomic E-state index is 10.4. The number of epoxide rings is 1. The number of aliphatic hydroxyl groups excluding tert-OH is 3. The van der Waals surface area contributed by atoms with Crippen LogP contribution in [0.4, 0.5) is 0 Å². The zero-order chi connectivity index (χ0) is 14.0. The minimum atomic E-state index is -0.740. The summed E-state index contributed by atoms with van der Waals surface area (Å²) in [6.45, 7) is 8.10. The maximum absolute atomic E-state index is 10.4. The molecule has 3 fully saturated rings. The third kappa shape index (κ3) is 1.54. The van der Waals surface area contributed by atoms with Gasteiger partial charge < -0.3 is 20.1 Å². The Labute approximate surface area is 114 Å². The molecule has 7 atom stereocenters. The summed E-state index contributed by atoms with van der Waals surface area (Å²) in [4.78, 5) is 0. The van der Waals surface area contributed by atoms with Crippen molar-refractivity contribution >= 4 is 0 Å². The van der Waals surface area contributed by atoms with Crippen LogP contribution < -0.4 is 0 Å². The van der Waals surface area contributed by atoms with Crippen LogP contribution >= 0.6 is 0 Å². The highest BCUT2D eigenvalue weighted by molar-refractivity contribution is 5.34. The van der Waals surface area contributed by atoms with Crippen molar-refractivity contribution in [2.45, 2.75) is 57.0 Å². The zero-order valence-electron chi connectivity index (χ0n) is 11.7. The topological polar surface area (TPSA) is 73.2 Å². The molecule has 0 spiro atoms. The molecule has 1 aliphatic heterocycles. The maximum Gasteiger partial charge on any atom is 0.144 e. The third-order valence-corrected chi connectivity index (χ3v) is 6.08. The summed E-state index contributed by atoms with van der Waals surface area (Å²) in [5, 5.41) is 29.7. The van der Waals surface area contributed by atoms with E-state index in [0.29, 0.717) is 17.9 Å². The number of hydrogen-bond acceptors (Lipinski definition) is 4. The summed E-state index contributed by atoms with van der Waals surface area (Å²) in [5.41, 5.74) is -0.198. The van der Waals surface area contributed by atoms with Crippen LogP contribution in [0.25, 0.3) is 0 Å². The molecule has 2 saturated carbocycles. The first-order valence-electron chi connectivity index (χ1n) is 7.20. The number of hydrogen-bond donors (Lipinski definition) is 3. The van der Waals surface area contributed by atoms with Gasteiger partial charge in [-0.15, -0.1) is 0 Å². The van der Waals surface area contributed by atoms with Gasteiger partial charge in [0.05, 0.1) is 18.8 Å². The van der Waals surface area contributed by atoms with Gasteiger partial charge in [0, 0.05) is 5.41 Å². The van der Waals surface area contributed by atoms with Crippen molar-refractivity contribution in [2.24, 2.45) is 17.3 Å². The third-order valence-electron chi connectivity index (χ3n) is 6.08. The van der Waals surface area contributed by atoms with Gasteiger partial charge in [0.25, 0.3) is 0 Å². The molecule has 0 aromatic rings. The summed E-state index contributed by atoms with van der Waals surface area (Å²) >= 11 is 0. The number of rotatable bonds is 2. The van der Waals surface area contributed by atoms with Gasteiger partial charge in [-0.2, -0.15) is 0 Å². The summed E-state index contributed by atoms with van der Waals surface area (Å²) in [7, 11) is 0. The predicted octanol–water partition coefficient (Wildman–Crippen LogP) is 0.850. The number of fused-ring (bicyclic) bond motifs is 3. The van der Waals surface area contributed by atoms with Crippen LogP contribution in [0.2, 0.25) is 0 Å². The molecule has 0 bridgehead atoms. The fraction of sp³-hybridized carbons (Fsp3) is 0.867. The van der Waals surface area contributed by atoms with Crippen LogP contribution in [-0.4, -0.2) is 45.8 Å². The smallest absolute Gasteiger partial charge is 0.144 e. The molecule has 3 N–H and O–H groups in total. The van der Waals surface area contributed by atoms with E-state index >= 15 is 0 Å². The van der Waals surface area contributed by atoms with E-state index in [0.717, 1.165) is 12.8 Å². The van der Waals surface area contributed by atoms with Gasteiger partial charge in [-0.1, -0.05) is 20.4 Å². The van der Waals surface area contributed by atoms with E-state index in [1.54, 1.807) is 0 Å². The van der Waals surface area contributed by atoms with Crippen molar-refractivity contribution in [3.05, 3.63) is 12.2 Å². The molecular formula is C15H24O4. The highest BCUT2D eigenvalue weighted by Gasteiger charge is 2.75. The molecule has 0 unspecified atom stereocenters. The molecule has 19 heavy (non-hydrogen) atoms. The average Bonchev–Trinajstić information content (AvgIpc) is 3.11. The summed E-state index contributed by atoms with van der Waals surface area (Å²) < 4.78 is 5.92. The van der Waals surface area contributed by atoms with Crippen molar-refractivity contribution in [1.82, 2.24) is 0 Å². The average molecular weight is 268 g/mol. The molecule has 0 aromatic heterocycles. The zero-order valence-corrected chi connectivity index (χ0v) is 11.7. The lowest BCUT2D eigenvalue weighted by atomic mass is 9.52. The second-order valence-electron chi connectivity index (χ2n) is 6.89. The van der Waals surface area contributed by atoms with Gasteiger partial charge in [0.2, 0.25) is 0 Å². The molecule has 4 heteroatoms. The largest absolute Gasteiger partial charge is 0.393 e. The molecule has 0 radical (unpaired) electrons. The first-order chi connectivity index (χ1) is 8.87. The quantitative estimate of drug-likeness (QED) is 0.513. The molecular weight excluding hydrogens is 244 g/mol. The Bertz CT molecular complexity index is 409. The lowest BCUT2D eigenvalue weighted by Gasteiger charge is -2.51. The van der Waals surface area contributed by atoms with Gasteiger partial charge >= 0.3 is 0 Å². The Kier molecular flexibility index (Phi) is 2.88. The first-order valence-corrected chi connectivity index (χ1v) is 7.20. The van der Waals surface area contributed by atoms with Gasteiger partial charge in [0.15, 0.2) is 0 Å². The Balaban J connectivity index is 1.94. The fourth-order valence-electron chi connectivity index (χ4n) is 4.64. The standard InChI is InChI=1S/C15H24O4/c1-8-4-11(17)5-10-6-12(18)15(9(2)7-16)13(19-15)14(8,10)3/h8,10-13,16-18H,2,4-7H2,1,3H3/t8-,10+,11+,12-,13-,14+,15+/m0/s1. The van der Waals surface area contributed by atoms with E-state index in [4.69, 9.17) is 4.74 Å². The normalized spacial score (nSPS) is 56.2. The number of ether oxygens (including phenoxy) is 1. The Morgan fingerprint density at radius 2 is 2.00 bits per heavy atom. The Morgan fingerprint density at radius 3 is 2.63 bits per heavy atom. The van der Waals surface area contributed by atoms with E-state index in [1.165, 1.54) is 0 Å². The van der Waals surface area contributed by atoms with Gasteiger partial charge in [-0.05, 0) is 36.7 Å². The van der Waals surface area contributed by atoms with E-state index in [-0.39, 0.29) is 30.1 Å². The highest BCUT2D eigenvalue weighted by atomic mass is 16.6. The van der Waals surface area contributed by atoms with Crippen LogP contribution in [0.3, 0.4) is 0 Å². The van der Waals surface area contributed by atoms with Gasteiger partial charge in [-0.25, -0.2) is 0 Å². The Morgan fingerprint density at radius 1 is 1.32 bits per heavy atom. The SMILES string of the molecule is C=C(CO)[C@]12O[C@H]1[C@@]1(C)[C@H](C[C@H](O)C[C@@H]1C)C[C@@H]2O. The molecule has 2 aliphatic carbocycles. The molecule has 0 amide bonds. The van der Waals surface area contributed by atoms with Crippen LogP contribution in [0.15, 0.2) is 12.2 Å². The second kappa shape index (κ2) is 4.04. The summed E-state index contributed by atoms with van der Waals surface area (Å²) in [6, 6.07) is 0. The van der Waals surface area contributed by atoms with Crippen LogP contribution in [0, 0.1) is 17.3 Å². The fourth-order valence-corrected chi connectivity index (χ4v) is 4.64. The number of aliphatic hydroxyl groups is 3. The predicted molar refractivity (Wildman–Crippen MR) is 70.5 cm³/mol. The van der Waals surface area contributed by atoms with Gasteiger partial charge in [0.1, 0.15) is 11.7 Å². The molecule has 3 rings (SSSR count). The lowest BCUT2D eigenvalue weighted by Crippen LogP contribution is -2.56. The minimum Gasteiger partial charge on any atom is -0.393 e. The van der Waals surface area contributed by atoms with Crippen molar-refractivity contribution in [2.75, 3.05) is 6.61 Å². The molecule has 3 aliphatic rings. The molecule has 1 heterocycles. The van der Waals surface area contributed by atoms with Crippen molar-refractivity contribution in [3.8, 4) is 0 Å². The van der Waals surface area contributed by atoms with Crippen molar-refractivity contribution < 1.29 is 20.1 Å². The van der Waals surface area contributed by atoms with Crippen molar-refractivity contribution in [3.63, 3.8) is 0 Å². The van der Waals surface area contributed by atoms with Crippen molar-refractivity contribution in [1.29, 1.82) is 0 Å². The molecule has 1 saturated heterocycles. The van der Waals surface area contributed by atoms with Gasteiger partial charge in [-0.3, -0.25) is 0 Å². The van der Waals surface area contributed by atoms with Crippen LogP contribution in [-0.2, 0) is 4.74 Å². The lowest BCUT2D eigenvalue weighted by molar-refractivity contribution is -0.0735. The van der Waals surface area contributed by atoms with E-state index in [9.17, 15) is 15.3 Å². The monoisotopic (exact) mass is 268 g/mol. The van der Waals surface area contributed by atoms with Crippen LogP contribution in [0.1, 0.15) is 33.1 Å². The highest BCUT2D eigenvalue weighted by Crippen LogP contribution is 2.66. The minimum absolute atomic E-state index is 0.0451. The summed E-state index contributed by atoms with van der Waals surface area (Å²) in [6.07, 6.45) is 1.17. The van der Waals surface area contributed by atoms with Crippen LogP contribution in [0.5, 0.6) is 0 Å². The second-order valence-corrected chi connectivity index (χ2v) is 6.89. The van der Waals surface area contributed by atoms with E-state index in [2.05, 4.69) is 20.4 Å². The molecule has 0 aromatic carbocycles. The molecule has 4 nitrogen and oxygen atoms in total. The summed E-state index contributed by atoms with van der Waals surface area (Å²) in [5.74, 6) is 0.612. The van der Waals surface area contributed by atoms with E-state index in [1.807, 2.05) is 0 Å².